The van der Waals surface area contributed by atoms with Crippen molar-refractivity contribution in [2.24, 2.45) is 0 Å². The molecule has 16 heavy (non-hydrogen) atoms. The Hall–Kier alpha value is -2.59. The third-order valence-corrected chi connectivity index (χ3v) is 1.91. The minimum atomic E-state index is 0.519. The third-order valence-electron chi connectivity index (χ3n) is 1.91. The highest BCUT2D eigenvalue weighted by atomic mass is 15.3. The van der Waals surface area contributed by atoms with Gasteiger partial charge in [0.05, 0.1) is 11.6 Å². The van der Waals surface area contributed by atoms with Crippen molar-refractivity contribution >= 4 is 0 Å². The summed E-state index contributed by atoms with van der Waals surface area (Å²) in [6, 6.07) is 7.20. The quantitative estimate of drug-likeness (QED) is 0.662. The zero-order valence-corrected chi connectivity index (χ0v) is 8.46. The molecule has 0 aliphatic rings. The summed E-state index contributed by atoms with van der Waals surface area (Å²) in [5.41, 5.74) is 1.17. The Morgan fingerprint density at radius 3 is 3.06 bits per heavy atom. The maximum Gasteiger partial charge on any atom is 0.114 e. The Morgan fingerprint density at radius 1 is 1.38 bits per heavy atom. The number of pyridine rings is 1. The second-order valence-electron chi connectivity index (χ2n) is 3.05. The Morgan fingerprint density at radius 2 is 2.31 bits per heavy atom. The predicted molar refractivity (Wildman–Crippen MR) is 58.1 cm³/mol. The minimum absolute atomic E-state index is 0.519. The summed E-state index contributed by atoms with van der Waals surface area (Å²) in [7, 11) is 0. The zero-order valence-electron chi connectivity index (χ0n) is 8.46. The molecule has 2 aromatic heterocycles. The van der Waals surface area contributed by atoms with E-state index in [2.05, 4.69) is 21.9 Å². The predicted octanol–water partition coefficient (Wildman–Crippen LogP) is 1.20. The molecule has 0 aliphatic carbocycles. The largest absolute Gasteiger partial charge is 0.261 e. The summed E-state index contributed by atoms with van der Waals surface area (Å²) >= 11 is 0. The lowest BCUT2D eigenvalue weighted by atomic mass is 10.2. The number of nitrogens with zero attached hydrogens (tertiary/aromatic N) is 4. The first kappa shape index (κ1) is 9.95. The van der Waals surface area contributed by atoms with Gasteiger partial charge in [-0.05, 0) is 24.1 Å². The number of nitriles is 1. The SMILES string of the molecule is N#Cc1ccnc(C#CCn2cccn2)c1. The van der Waals surface area contributed by atoms with E-state index in [-0.39, 0.29) is 0 Å². The van der Waals surface area contributed by atoms with Gasteiger partial charge in [0.15, 0.2) is 0 Å². The van der Waals surface area contributed by atoms with Crippen LogP contribution in [0.25, 0.3) is 0 Å². The van der Waals surface area contributed by atoms with E-state index in [0.717, 1.165) is 0 Å². The standard InChI is InChI=1S/C12H8N4/c13-10-11-4-6-14-12(9-11)3-1-7-16-8-2-5-15-16/h2,4-6,8-9H,7H2. The Kier molecular flexibility index (Phi) is 2.96. The molecule has 2 heterocycles. The third kappa shape index (κ3) is 2.46. The molecule has 2 aromatic rings. The van der Waals surface area contributed by atoms with Crippen LogP contribution in [-0.4, -0.2) is 14.8 Å². The van der Waals surface area contributed by atoms with Crippen molar-refractivity contribution < 1.29 is 0 Å². The van der Waals surface area contributed by atoms with Crippen LogP contribution in [0.2, 0.25) is 0 Å². The lowest BCUT2D eigenvalue weighted by Gasteiger charge is -1.91. The van der Waals surface area contributed by atoms with Crippen molar-refractivity contribution in [3.63, 3.8) is 0 Å². The van der Waals surface area contributed by atoms with Crippen LogP contribution in [-0.2, 0) is 6.54 Å². The molecule has 0 N–H and O–H groups in total. The van der Waals surface area contributed by atoms with Gasteiger partial charge in [0.1, 0.15) is 12.2 Å². The van der Waals surface area contributed by atoms with Crippen LogP contribution in [0.15, 0.2) is 36.8 Å². The molecule has 0 fully saturated rings. The molecule has 0 atom stereocenters. The summed E-state index contributed by atoms with van der Waals surface area (Å²) in [5, 5.41) is 12.7. The zero-order chi connectivity index (χ0) is 11.2. The Labute approximate surface area is 93.2 Å². The van der Waals surface area contributed by atoms with E-state index in [1.54, 1.807) is 29.2 Å². The lowest BCUT2D eigenvalue weighted by Crippen LogP contribution is -1.95. The molecule has 0 aromatic carbocycles. The summed E-state index contributed by atoms with van der Waals surface area (Å²) in [6.07, 6.45) is 5.13. The second kappa shape index (κ2) is 4.77. The molecule has 0 spiro atoms. The molecule has 0 bridgehead atoms. The van der Waals surface area contributed by atoms with Gasteiger partial charge in [0.25, 0.3) is 0 Å². The molecule has 0 radical (unpaired) electrons. The molecule has 0 unspecified atom stereocenters. The fourth-order valence-electron chi connectivity index (χ4n) is 1.17. The van der Waals surface area contributed by atoms with Gasteiger partial charge in [-0.15, -0.1) is 0 Å². The van der Waals surface area contributed by atoms with Gasteiger partial charge < -0.3 is 0 Å². The second-order valence-corrected chi connectivity index (χ2v) is 3.05. The van der Waals surface area contributed by atoms with Crippen LogP contribution in [0.4, 0.5) is 0 Å². The summed E-state index contributed by atoms with van der Waals surface area (Å²) in [5.74, 6) is 5.82. The number of hydrogen-bond donors (Lipinski definition) is 0. The highest BCUT2D eigenvalue weighted by Crippen LogP contribution is 1.98. The van der Waals surface area contributed by atoms with Crippen LogP contribution in [0.5, 0.6) is 0 Å². The van der Waals surface area contributed by atoms with E-state index in [9.17, 15) is 0 Å². The molecule has 2 rings (SSSR count). The molecule has 0 saturated heterocycles. The van der Waals surface area contributed by atoms with Gasteiger partial charge in [0.2, 0.25) is 0 Å². The molecular formula is C12H8N4. The monoisotopic (exact) mass is 208 g/mol. The van der Waals surface area contributed by atoms with Crippen molar-refractivity contribution in [2.45, 2.75) is 6.54 Å². The van der Waals surface area contributed by atoms with Crippen molar-refractivity contribution in [3.8, 4) is 17.9 Å². The van der Waals surface area contributed by atoms with Gasteiger partial charge >= 0.3 is 0 Å². The first-order chi connectivity index (χ1) is 7.88. The highest BCUT2D eigenvalue weighted by Gasteiger charge is 1.91. The summed E-state index contributed by atoms with van der Waals surface area (Å²) in [4.78, 5) is 4.05. The molecule has 0 amide bonds. The van der Waals surface area contributed by atoms with Gasteiger partial charge in [-0.1, -0.05) is 5.92 Å². The molecule has 76 valence electrons. The lowest BCUT2D eigenvalue weighted by molar-refractivity contribution is 0.715. The van der Waals surface area contributed by atoms with Crippen LogP contribution in [0.1, 0.15) is 11.3 Å². The van der Waals surface area contributed by atoms with Crippen LogP contribution in [0.3, 0.4) is 0 Å². The minimum Gasteiger partial charge on any atom is -0.261 e. The Balaban J connectivity index is 2.09. The van der Waals surface area contributed by atoms with Crippen LogP contribution < -0.4 is 0 Å². The summed E-state index contributed by atoms with van der Waals surface area (Å²) < 4.78 is 1.72. The van der Waals surface area contributed by atoms with Gasteiger partial charge in [0, 0.05) is 18.6 Å². The molecule has 0 saturated carbocycles. The van der Waals surface area contributed by atoms with E-state index in [0.29, 0.717) is 17.8 Å². The number of aromatic nitrogens is 3. The molecule has 4 nitrogen and oxygen atoms in total. The fourth-order valence-corrected chi connectivity index (χ4v) is 1.17. The van der Waals surface area contributed by atoms with E-state index >= 15 is 0 Å². The average molecular weight is 208 g/mol. The molecule has 0 aliphatic heterocycles. The number of rotatable bonds is 1. The van der Waals surface area contributed by atoms with Crippen LogP contribution in [0, 0.1) is 23.2 Å². The smallest absolute Gasteiger partial charge is 0.114 e. The van der Waals surface area contributed by atoms with Crippen molar-refractivity contribution in [3.05, 3.63) is 48.0 Å². The first-order valence-corrected chi connectivity index (χ1v) is 4.71. The first-order valence-electron chi connectivity index (χ1n) is 4.71. The van der Waals surface area contributed by atoms with E-state index in [1.165, 1.54) is 0 Å². The van der Waals surface area contributed by atoms with E-state index in [1.807, 2.05) is 18.3 Å². The molecular weight excluding hydrogens is 200 g/mol. The normalized spacial score (nSPS) is 8.94. The Bertz CT molecular complexity index is 567. The van der Waals surface area contributed by atoms with Crippen molar-refractivity contribution in [1.29, 1.82) is 5.26 Å². The van der Waals surface area contributed by atoms with E-state index in [4.69, 9.17) is 5.26 Å². The average Bonchev–Trinajstić information content (AvgIpc) is 2.82. The summed E-state index contributed by atoms with van der Waals surface area (Å²) in [6.45, 7) is 0.519. The van der Waals surface area contributed by atoms with Crippen LogP contribution >= 0.6 is 0 Å². The van der Waals surface area contributed by atoms with E-state index < -0.39 is 0 Å². The maximum absolute atomic E-state index is 8.70. The number of hydrogen-bond acceptors (Lipinski definition) is 3. The van der Waals surface area contributed by atoms with Gasteiger partial charge in [-0.3, -0.25) is 4.68 Å². The van der Waals surface area contributed by atoms with Gasteiger partial charge in [-0.2, -0.15) is 10.4 Å². The fraction of sp³-hybridized carbons (Fsp3) is 0.0833. The highest BCUT2D eigenvalue weighted by molar-refractivity contribution is 5.36. The topological polar surface area (TPSA) is 54.5 Å². The maximum atomic E-state index is 8.70. The van der Waals surface area contributed by atoms with Crippen molar-refractivity contribution in [1.82, 2.24) is 14.8 Å². The van der Waals surface area contributed by atoms with Gasteiger partial charge in [-0.25, -0.2) is 4.98 Å². The molecule has 4 heteroatoms. The van der Waals surface area contributed by atoms with Crippen molar-refractivity contribution in [2.75, 3.05) is 0 Å².